The highest BCUT2D eigenvalue weighted by Crippen LogP contribution is 2.36. The molecule has 0 aromatic heterocycles. The molecule has 1 aromatic rings. The second kappa shape index (κ2) is 8.31. The topological polar surface area (TPSA) is 29.5 Å². The van der Waals surface area contributed by atoms with Gasteiger partial charge in [-0.25, -0.2) is 0 Å². The van der Waals surface area contributed by atoms with E-state index in [9.17, 15) is 18.0 Å². The first-order valence-electron chi connectivity index (χ1n) is 8.66. The Labute approximate surface area is 160 Å². The molecule has 0 bridgehead atoms. The van der Waals surface area contributed by atoms with Crippen LogP contribution in [0.15, 0.2) is 53.3 Å². The molecule has 144 valence electrons. The van der Waals surface area contributed by atoms with Gasteiger partial charge in [0.2, 0.25) is 0 Å². The molecule has 0 spiro atoms. The smallest absolute Gasteiger partial charge is 0.378 e. The summed E-state index contributed by atoms with van der Waals surface area (Å²) in [6, 6.07) is 7.38. The molecular formula is C20H19ClF3NO2. The van der Waals surface area contributed by atoms with Gasteiger partial charge < -0.3 is 9.64 Å². The highest BCUT2D eigenvalue weighted by atomic mass is 35.5. The normalized spacial score (nSPS) is 20.1. The first kappa shape index (κ1) is 19.7. The number of nitrogens with zero attached hydrogens (tertiary/aromatic N) is 1. The number of benzene rings is 1. The van der Waals surface area contributed by atoms with Crippen LogP contribution in [-0.4, -0.2) is 43.2 Å². The monoisotopic (exact) mass is 397 g/mol. The molecule has 1 aliphatic carbocycles. The van der Waals surface area contributed by atoms with Crippen LogP contribution in [-0.2, 0) is 9.53 Å². The van der Waals surface area contributed by atoms with Crippen molar-refractivity contribution in [3.63, 3.8) is 0 Å². The minimum absolute atomic E-state index is 0.566. The van der Waals surface area contributed by atoms with Gasteiger partial charge in [-0.05, 0) is 53.8 Å². The molecule has 1 aromatic carbocycles. The van der Waals surface area contributed by atoms with Crippen molar-refractivity contribution in [1.82, 2.24) is 4.90 Å². The van der Waals surface area contributed by atoms with Crippen LogP contribution in [0.3, 0.4) is 0 Å². The Kier molecular flexibility index (Phi) is 6.07. The summed E-state index contributed by atoms with van der Waals surface area (Å²) < 4.78 is 42.9. The van der Waals surface area contributed by atoms with Gasteiger partial charge in [-0.1, -0.05) is 29.8 Å². The van der Waals surface area contributed by atoms with Crippen LogP contribution in [0.2, 0.25) is 5.02 Å². The standard InChI is InChI=1S/C20H19ClF3NO2/c21-17-6-1-14(2-7-17)13-16-4-3-15(5-8-18(26)20(22,23)24)19(16)25-9-11-27-12-10-25/h1-2,5-8,13H,3-4,9-12H2/b8-5+,16-13+. The fraction of sp³-hybridized carbons (Fsp3) is 0.350. The zero-order chi connectivity index (χ0) is 19.4. The van der Waals surface area contributed by atoms with E-state index >= 15 is 0 Å². The molecule has 0 amide bonds. The molecule has 0 N–H and O–H groups in total. The lowest BCUT2D eigenvalue weighted by atomic mass is 10.1. The van der Waals surface area contributed by atoms with E-state index in [1.807, 2.05) is 18.2 Å². The Morgan fingerprint density at radius 3 is 2.41 bits per heavy atom. The second-order valence-corrected chi connectivity index (χ2v) is 6.83. The van der Waals surface area contributed by atoms with Crippen molar-refractivity contribution < 1.29 is 22.7 Å². The van der Waals surface area contributed by atoms with E-state index in [1.54, 1.807) is 12.1 Å². The minimum Gasteiger partial charge on any atom is -0.378 e. The van der Waals surface area contributed by atoms with Crippen molar-refractivity contribution in [2.24, 2.45) is 0 Å². The van der Waals surface area contributed by atoms with E-state index in [0.29, 0.717) is 50.2 Å². The van der Waals surface area contributed by atoms with Crippen LogP contribution < -0.4 is 0 Å². The zero-order valence-electron chi connectivity index (χ0n) is 14.6. The Morgan fingerprint density at radius 2 is 1.78 bits per heavy atom. The number of ether oxygens (including phenoxy) is 1. The lowest BCUT2D eigenvalue weighted by Crippen LogP contribution is -2.36. The first-order valence-corrected chi connectivity index (χ1v) is 9.04. The van der Waals surface area contributed by atoms with E-state index in [0.717, 1.165) is 22.4 Å². The van der Waals surface area contributed by atoms with Gasteiger partial charge in [-0.3, -0.25) is 4.79 Å². The quantitative estimate of drug-likeness (QED) is 0.684. The number of morpholine rings is 1. The van der Waals surface area contributed by atoms with Gasteiger partial charge in [-0.2, -0.15) is 13.2 Å². The zero-order valence-corrected chi connectivity index (χ0v) is 15.3. The summed E-state index contributed by atoms with van der Waals surface area (Å²) in [4.78, 5) is 13.3. The second-order valence-electron chi connectivity index (χ2n) is 6.39. The number of ketones is 1. The molecule has 1 fully saturated rings. The van der Waals surface area contributed by atoms with Gasteiger partial charge in [0.05, 0.1) is 13.2 Å². The van der Waals surface area contributed by atoms with E-state index in [4.69, 9.17) is 16.3 Å². The van der Waals surface area contributed by atoms with Crippen LogP contribution in [0.25, 0.3) is 6.08 Å². The van der Waals surface area contributed by atoms with Gasteiger partial charge in [0, 0.05) is 23.8 Å². The van der Waals surface area contributed by atoms with Crippen molar-refractivity contribution >= 4 is 23.5 Å². The third kappa shape index (κ3) is 5.02. The van der Waals surface area contributed by atoms with Crippen molar-refractivity contribution in [3.8, 4) is 0 Å². The predicted octanol–water partition coefficient (Wildman–Crippen LogP) is 4.79. The van der Waals surface area contributed by atoms with E-state index < -0.39 is 12.0 Å². The molecule has 0 saturated carbocycles. The Balaban J connectivity index is 1.94. The molecule has 1 saturated heterocycles. The summed E-state index contributed by atoms with van der Waals surface area (Å²) in [5, 5.41) is 0.641. The number of hydrogen-bond acceptors (Lipinski definition) is 3. The predicted molar refractivity (Wildman–Crippen MR) is 98.3 cm³/mol. The Bertz CT molecular complexity index is 788. The van der Waals surface area contributed by atoms with Gasteiger partial charge in [-0.15, -0.1) is 0 Å². The molecule has 7 heteroatoms. The van der Waals surface area contributed by atoms with Crippen molar-refractivity contribution in [3.05, 3.63) is 63.8 Å². The minimum atomic E-state index is -4.85. The molecule has 2 aliphatic rings. The summed E-state index contributed by atoms with van der Waals surface area (Å²) in [6.45, 7) is 2.46. The molecule has 0 radical (unpaired) electrons. The molecule has 3 nitrogen and oxygen atoms in total. The number of carbonyl (C=O) groups excluding carboxylic acids is 1. The fourth-order valence-electron chi connectivity index (χ4n) is 3.24. The van der Waals surface area contributed by atoms with Gasteiger partial charge in [0.25, 0.3) is 5.78 Å². The van der Waals surface area contributed by atoms with Gasteiger partial charge in [0.15, 0.2) is 0 Å². The maximum absolute atomic E-state index is 12.5. The Morgan fingerprint density at radius 1 is 1.11 bits per heavy atom. The van der Waals surface area contributed by atoms with Crippen molar-refractivity contribution in [2.45, 2.75) is 19.0 Å². The summed E-state index contributed by atoms with van der Waals surface area (Å²) in [6.07, 6.45) is 0.400. The number of allylic oxidation sites excluding steroid dienone is 4. The third-order valence-electron chi connectivity index (χ3n) is 4.53. The highest BCUT2D eigenvalue weighted by molar-refractivity contribution is 6.30. The fourth-order valence-corrected chi connectivity index (χ4v) is 3.37. The van der Waals surface area contributed by atoms with E-state index in [1.165, 1.54) is 6.08 Å². The number of rotatable bonds is 4. The first-order chi connectivity index (χ1) is 12.8. The average Bonchev–Trinajstić information content (AvgIpc) is 3.04. The van der Waals surface area contributed by atoms with E-state index in [-0.39, 0.29) is 0 Å². The number of hydrogen-bond donors (Lipinski definition) is 0. The average molecular weight is 398 g/mol. The molecule has 0 atom stereocenters. The van der Waals surface area contributed by atoms with Crippen LogP contribution >= 0.6 is 11.6 Å². The van der Waals surface area contributed by atoms with Crippen LogP contribution in [0.4, 0.5) is 13.2 Å². The molecule has 1 heterocycles. The van der Waals surface area contributed by atoms with Crippen LogP contribution in [0.5, 0.6) is 0 Å². The lowest BCUT2D eigenvalue weighted by molar-refractivity contribution is -0.165. The van der Waals surface area contributed by atoms with Crippen LogP contribution in [0, 0.1) is 0 Å². The highest BCUT2D eigenvalue weighted by Gasteiger charge is 2.36. The summed E-state index contributed by atoms with van der Waals surface area (Å²) in [5.74, 6) is -1.84. The van der Waals surface area contributed by atoms with Crippen molar-refractivity contribution in [2.75, 3.05) is 26.3 Å². The molecule has 1 aliphatic heterocycles. The Hall–Kier alpha value is -2.05. The lowest BCUT2D eigenvalue weighted by Gasteiger charge is -2.31. The summed E-state index contributed by atoms with van der Waals surface area (Å²) >= 11 is 5.92. The van der Waals surface area contributed by atoms with Gasteiger partial charge in [0.1, 0.15) is 0 Å². The molecule has 3 rings (SSSR count). The third-order valence-corrected chi connectivity index (χ3v) is 4.78. The van der Waals surface area contributed by atoms with Crippen LogP contribution in [0.1, 0.15) is 18.4 Å². The van der Waals surface area contributed by atoms with Gasteiger partial charge >= 0.3 is 6.18 Å². The summed E-state index contributed by atoms with van der Waals surface area (Å²) in [7, 11) is 0. The SMILES string of the molecule is O=C(/C=C/C1=C(N2CCOCC2)C(=C/c2ccc(Cl)cc2)/CC1)C(F)(F)F. The number of carbonyl (C=O) groups is 1. The molecule has 27 heavy (non-hydrogen) atoms. The largest absolute Gasteiger partial charge is 0.454 e. The molecule has 0 unspecified atom stereocenters. The summed E-state index contributed by atoms with van der Waals surface area (Å²) in [5.41, 5.74) is 3.66. The number of alkyl halides is 3. The maximum Gasteiger partial charge on any atom is 0.454 e. The molecular weight excluding hydrogens is 379 g/mol. The van der Waals surface area contributed by atoms with E-state index in [2.05, 4.69) is 4.90 Å². The maximum atomic E-state index is 12.5. The van der Waals surface area contributed by atoms with Crippen molar-refractivity contribution in [1.29, 1.82) is 0 Å². The number of halogens is 4.